The number of nitrogens with zero attached hydrogens (tertiary/aromatic N) is 1. The van der Waals surface area contributed by atoms with Crippen molar-refractivity contribution >= 4 is 5.97 Å². The van der Waals surface area contributed by atoms with Gasteiger partial charge in [-0.15, -0.1) is 0 Å². The van der Waals surface area contributed by atoms with E-state index in [0.717, 1.165) is 5.56 Å². The lowest BCUT2D eigenvalue weighted by Gasteiger charge is -2.55. The summed E-state index contributed by atoms with van der Waals surface area (Å²) in [5, 5.41) is 0. The van der Waals surface area contributed by atoms with Gasteiger partial charge in [0.15, 0.2) is 0 Å². The molecule has 2 aliphatic rings. The number of ether oxygens (including phenoxy) is 2. The summed E-state index contributed by atoms with van der Waals surface area (Å²) < 4.78 is 11.7. The average molecular weight is 315 g/mol. The predicted molar refractivity (Wildman–Crippen MR) is 87.6 cm³/mol. The van der Waals surface area contributed by atoms with E-state index in [1.807, 2.05) is 12.3 Å². The van der Waals surface area contributed by atoms with E-state index in [1.54, 1.807) is 6.20 Å². The molecule has 0 unspecified atom stereocenters. The van der Waals surface area contributed by atoms with Gasteiger partial charge in [-0.1, -0.05) is 31.6 Å². The summed E-state index contributed by atoms with van der Waals surface area (Å²) in [6.07, 6.45) is 6.03. The quantitative estimate of drug-likeness (QED) is 0.632. The number of carbonyl (C=O) groups excluding carboxylic acids is 1. The van der Waals surface area contributed by atoms with Crippen molar-refractivity contribution in [3.63, 3.8) is 0 Å². The summed E-state index contributed by atoms with van der Waals surface area (Å²) >= 11 is 0. The fraction of sp³-hybridized carbons (Fsp3) is 0.579. The Balaban J connectivity index is 1.95. The molecule has 0 amide bonds. The van der Waals surface area contributed by atoms with Gasteiger partial charge in [0, 0.05) is 30.7 Å². The molecule has 2 heterocycles. The molecule has 0 radical (unpaired) electrons. The maximum atomic E-state index is 11.3. The number of hydrogen-bond acceptors (Lipinski definition) is 4. The summed E-state index contributed by atoms with van der Waals surface area (Å²) in [6, 6.07) is 4.03. The molecule has 1 aromatic heterocycles. The van der Waals surface area contributed by atoms with Gasteiger partial charge in [0.05, 0.1) is 19.3 Å². The lowest BCUT2D eigenvalue weighted by Crippen LogP contribution is -2.54. The van der Waals surface area contributed by atoms with E-state index in [1.165, 1.54) is 12.5 Å². The van der Waals surface area contributed by atoms with E-state index >= 15 is 0 Å². The maximum Gasteiger partial charge on any atom is 0.302 e. The first-order valence-corrected chi connectivity index (χ1v) is 8.29. The SMILES string of the molecule is CC(=O)OC[C@@]12CO[C@H](c3cccnc3)[C@@H](C(C)=C[C@@H]1C)[C@@H]2C. The van der Waals surface area contributed by atoms with Crippen molar-refractivity contribution in [2.75, 3.05) is 13.2 Å². The number of rotatable bonds is 3. The molecule has 23 heavy (non-hydrogen) atoms. The molecule has 124 valence electrons. The first kappa shape index (κ1) is 16.2. The van der Waals surface area contributed by atoms with E-state index in [4.69, 9.17) is 9.47 Å². The Kier molecular flexibility index (Phi) is 4.28. The average Bonchev–Trinajstić information content (AvgIpc) is 2.52. The number of pyridine rings is 1. The van der Waals surface area contributed by atoms with Gasteiger partial charge in [-0.25, -0.2) is 0 Å². The van der Waals surface area contributed by atoms with E-state index in [2.05, 4.69) is 37.9 Å². The number of aromatic nitrogens is 1. The number of fused-ring (bicyclic) bond motifs is 2. The fourth-order valence-electron chi connectivity index (χ4n) is 4.34. The molecule has 1 aliphatic heterocycles. The van der Waals surface area contributed by atoms with Crippen LogP contribution in [-0.4, -0.2) is 24.2 Å². The molecule has 1 aliphatic carbocycles. The van der Waals surface area contributed by atoms with Crippen molar-refractivity contribution < 1.29 is 14.3 Å². The highest BCUT2D eigenvalue weighted by atomic mass is 16.5. The minimum Gasteiger partial charge on any atom is -0.465 e. The highest BCUT2D eigenvalue weighted by molar-refractivity contribution is 5.66. The van der Waals surface area contributed by atoms with Gasteiger partial charge in [-0.05, 0) is 30.4 Å². The molecule has 1 saturated heterocycles. The number of carbonyl (C=O) groups is 1. The summed E-state index contributed by atoms with van der Waals surface area (Å²) in [7, 11) is 0. The Morgan fingerprint density at radius 3 is 2.91 bits per heavy atom. The predicted octanol–water partition coefficient (Wildman–Crippen LogP) is 3.55. The molecule has 1 aromatic rings. The summed E-state index contributed by atoms with van der Waals surface area (Å²) in [4.78, 5) is 15.6. The van der Waals surface area contributed by atoms with E-state index in [-0.39, 0.29) is 17.5 Å². The van der Waals surface area contributed by atoms with Crippen molar-refractivity contribution in [3.05, 3.63) is 41.7 Å². The first-order valence-electron chi connectivity index (χ1n) is 8.29. The largest absolute Gasteiger partial charge is 0.465 e. The maximum absolute atomic E-state index is 11.3. The summed E-state index contributed by atoms with van der Waals surface area (Å²) in [6.45, 7) is 9.15. The Morgan fingerprint density at radius 1 is 1.48 bits per heavy atom. The van der Waals surface area contributed by atoms with Crippen LogP contribution in [0.25, 0.3) is 0 Å². The zero-order valence-electron chi connectivity index (χ0n) is 14.3. The molecular formula is C19H25NO3. The summed E-state index contributed by atoms with van der Waals surface area (Å²) in [5.41, 5.74) is 2.33. The molecule has 0 N–H and O–H groups in total. The molecule has 0 saturated carbocycles. The van der Waals surface area contributed by atoms with Crippen molar-refractivity contribution in [3.8, 4) is 0 Å². The third-order valence-corrected chi connectivity index (χ3v) is 5.81. The van der Waals surface area contributed by atoms with Crippen molar-refractivity contribution in [1.82, 2.24) is 4.98 Å². The Labute approximate surface area is 137 Å². The molecule has 3 rings (SSSR count). The molecule has 4 nitrogen and oxygen atoms in total. The highest BCUT2D eigenvalue weighted by Gasteiger charge is 2.54. The Morgan fingerprint density at radius 2 is 2.26 bits per heavy atom. The van der Waals surface area contributed by atoms with Crippen LogP contribution < -0.4 is 0 Å². The van der Waals surface area contributed by atoms with Gasteiger partial charge in [0.25, 0.3) is 0 Å². The van der Waals surface area contributed by atoms with Crippen molar-refractivity contribution in [1.29, 1.82) is 0 Å². The second-order valence-electron chi connectivity index (χ2n) is 7.05. The van der Waals surface area contributed by atoms with Crippen LogP contribution >= 0.6 is 0 Å². The minimum atomic E-state index is -0.226. The fourth-order valence-corrected chi connectivity index (χ4v) is 4.34. The van der Waals surface area contributed by atoms with Gasteiger partial charge in [-0.2, -0.15) is 0 Å². The first-order chi connectivity index (χ1) is 11.0. The number of hydrogen-bond donors (Lipinski definition) is 0. The second kappa shape index (κ2) is 6.08. The third kappa shape index (κ3) is 2.69. The van der Waals surface area contributed by atoms with Gasteiger partial charge in [0.2, 0.25) is 0 Å². The third-order valence-electron chi connectivity index (χ3n) is 5.81. The monoisotopic (exact) mass is 315 g/mol. The van der Waals surface area contributed by atoms with Crippen molar-refractivity contribution in [2.24, 2.45) is 23.2 Å². The smallest absolute Gasteiger partial charge is 0.302 e. The van der Waals surface area contributed by atoms with Crippen LogP contribution in [0.5, 0.6) is 0 Å². The van der Waals surface area contributed by atoms with Crippen LogP contribution in [0.4, 0.5) is 0 Å². The number of esters is 1. The lowest BCUT2D eigenvalue weighted by molar-refractivity contribution is -0.180. The minimum absolute atomic E-state index is 0.0212. The molecule has 4 heteroatoms. The molecular weight excluding hydrogens is 290 g/mol. The van der Waals surface area contributed by atoms with E-state index in [0.29, 0.717) is 31.0 Å². The highest BCUT2D eigenvalue weighted by Crippen LogP contribution is 2.56. The van der Waals surface area contributed by atoms with E-state index < -0.39 is 0 Å². The normalized spacial score (nSPS) is 36.3. The molecule has 2 bridgehead atoms. The summed E-state index contributed by atoms with van der Waals surface area (Å²) in [5.74, 6) is 0.763. The van der Waals surface area contributed by atoms with Gasteiger partial charge in [-0.3, -0.25) is 9.78 Å². The van der Waals surface area contributed by atoms with E-state index in [9.17, 15) is 4.79 Å². The second-order valence-corrected chi connectivity index (χ2v) is 7.05. The zero-order chi connectivity index (χ0) is 16.6. The van der Waals surface area contributed by atoms with Gasteiger partial charge >= 0.3 is 5.97 Å². The van der Waals surface area contributed by atoms with Gasteiger partial charge < -0.3 is 9.47 Å². The lowest BCUT2D eigenvalue weighted by atomic mass is 9.56. The molecule has 1 fully saturated rings. The number of allylic oxidation sites excluding steroid dienone is 1. The zero-order valence-corrected chi connectivity index (χ0v) is 14.3. The van der Waals surface area contributed by atoms with Crippen LogP contribution in [0.2, 0.25) is 0 Å². The van der Waals surface area contributed by atoms with Crippen LogP contribution in [0, 0.1) is 23.2 Å². The Bertz CT molecular complexity index is 612. The standard InChI is InChI=1S/C19H25NO3/c1-12-8-13(2)19(10-22-15(4)21)11-23-18(17(12)14(19)3)16-6-5-7-20-9-16/h5-9,13-14,17-18H,10-11H2,1-4H3/t13-,14-,17-,18+,19+/m0/s1. The van der Waals surface area contributed by atoms with Crippen LogP contribution in [0.3, 0.4) is 0 Å². The molecule has 0 aromatic carbocycles. The molecule has 5 atom stereocenters. The van der Waals surface area contributed by atoms with Crippen LogP contribution in [0.1, 0.15) is 39.4 Å². The van der Waals surface area contributed by atoms with Crippen LogP contribution in [0.15, 0.2) is 36.2 Å². The van der Waals surface area contributed by atoms with Gasteiger partial charge in [0.1, 0.15) is 0 Å². The Hall–Kier alpha value is -1.68. The molecule has 0 spiro atoms. The van der Waals surface area contributed by atoms with Crippen molar-refractivity contribution in [2.45, 2.75) is 33.8 Å². The topological polar surface area (TPSA) is 48.4 Å². The van der Waals surface area contributed by atoms with Crippen LogP contribution in [-0.2, 0) is 14.3 Å².